The molecular weight excluding hydrogens is 481 g/mol. The molecule has 35 heavy (non-hydrogen) atoms. The number of benzene rings is 3. The van der Waals surface area contributed by atoms with Crippen molar-refractivity contribution < 1.29 is 13.9 Å². The van der Waals surface area contributed by atoms with Gasteiger partial charge in [-0.3, -0.25) is 9.69 Å². The lowest BCUT2D eigenvalue weighted by Crippen LogP contribution is -2.22. The molecule has 4 aromatic rings. The van der Waals surface area contributed by atoms with E-state index in [4.69, 9.17) is 22.1 Å². The van der Waals surface area contributed by atoms with Gasteiger partial charge < -0.3 is 4.74 Å². The van der Waals surface area contributed by atoms with Gasteiger partial charge in [-0.15, -0.1) is 0 Å². The molecule has 1 fully saturated rings. The third kappa shape index (κ3) is 5.03. The second-order valence-electron chi connectivity index (χ2n) is 7.89. The molecule has 1 aromatic heterocycles. The number of para-hydroxylation sites is 1. The van der Waals surface area contributed by atoms with E-state index in [1.54, 1.807) is 23.9 Å². The Morgan fingerprint density at radius 1 is 1.03 bits per heavy atom. The number of amides is 1. The summed E-state index contributed by atoms with van der Waals surface area (Å²) in [5, 5.41) is 4.82. The maximum absolute atomic E-state index is 13.1. The van der Waals surface area contributed by atoms with Gasteiger partial charge in [-0.05, 0) is 60.2 Å². The van der Waals surface area contributed by atoms with Crippen LogP contribution >= 0.6 is 24.0 Å². The lowest BCUT2D eigenvalue weighted by molar-refractivity contribution is -0.121. The van der Waals surface area contributed by atoms with Crippen molar-refractivity contribution >= 4 is 40.3 Å². The van der Waals surface area contributed by atoms with E-state index in [-0.39, 0.29) is 11.7 Å². The first-order valence-corrected chi connectivity index (χ1v) is 12.0. The van der Waals surface area contributed by atoms with Crippen molar-refractivity contribution in [3.63, 3.8) is 0 Å². The minimum Gasteiger partial charge on any atom is -0.489 e. The molecule has 0 N–H and O–H groups in total. The number of hydrogen-bond donors (Lipinski definition) is 0. The second kappa shape index (κ2) is 9.85. The van der Waals surface area contributed by atoms with Crippen LogP contribution in [0.25, 0.3) is 23.0 Å². The smallest absolute Gasteiger partial charge is 0.265 e. The first-order valence-electron chi connectivity index (χ1n) is 10.8. The molecule has 8 heteroatoms. The van der Waals surface area contributed by atoms with Crippen molar-refractivity contribution in [1.29, 1.82) is 0 Å². The highest BCUT2D eigenvalue weighted by atomic mass is 32.2. The van der Waals surface area contributed by atoms with E-state index >= 15 is 0 Å². The maximum atomic E-state index is 13.1. The number of carbonyl (C=O) groups excluding carboxylic acids is 1. The van der Waals surface area contributed by atoms with E-state index in [1.165, 1.54) is 28.8 Å². The topological polar surface area (TPSA) is 47.4 Å². The molecule has 0 spiro atoms. The summed E-state index contributed by atoms with van der Waals surface area (Å²) < 4.78 is 21.3. The summed E-state index contributed by atoms with van der Waals surface area (Å²) in [7, 11) is 1.68. The van der Waals surface area contributed by atoms with Gasteiger partial charge >= 0.3 is 0 Å². The van der Waals surface area contributed by atoms with Gasteiger partial charge in [-0.2, -0.15) is 5.10 Å². The van der Waals surface area contributed by atoms with Gasteiger partial charge in [0.15, 0.2) is 0 Å². The summed E-state index contributed by atoms with van der Waals surface area (Å²) in [6.07, 6.45) is 3.75. The normalized spacial score (nSPS) is 14.7. The van der Waals surface area contributed by atoms with Gasteiger partial charge in [-0.1, -0.05) is 54.3 Å². The fourth-order valence-electron chi connectivity index (χ4n) is 3.57. The first-order chi connectivity index (χ1) is 17.0. The van der Waals surface area contributed by atoms with Gasteiger partial charge in [0.2, 0.25) is 0 Å². The zero-order chi connectivity index (χ0) is 24.4. The lowest BCUT2D eigenvalue weighted by Gasteiger charge is -2.07. The first kappa shape index (κ1) is 23.0. The number of aromatic nitrogens is 2. The highest BCUT2D eigenvalue weighted by Gasteiger charge is 2.29. The van der Waals surface area contributed by atoms with Crippen LogP contribution in [0.5, 0.6) is 5.75 Å². The molecule has 0 aliphatic carbocycles. The number of rotatable bonds is 6. The molecule has 2 heterocycles. The van der Waals surface area contributed by atoms with E-state index < -0.39 is 0 Å². The Hall–Kier alpha value is -3.75. The van der Waals surface area contributed by atoms with Gasteiger partial charge in [-0.25, -0.2) is 9.07 Å². The molecule has 3 aromatic carbocycles. The van der Waals surface area contributed by atoms with Gasteiger partial charge in [0.25, 0.3) is 5.91 Å². The molecular formula is C27H20FN3O2S2. The molecule has 0 atom stereocenters. The molecule has 0 radical (unpaired) electrons. The largest absolute Gasteiger partial charge is 0.489 e. The lowest BCUT2D eigenvalue weighted by atomic mass is 10.1. The minimum absolute atomic E-state index is 0.122. The molecule has 5 rings (SSSR count). The van der Waals surface area contributed by atoms with Crippen molar-refractivity contribution in [2.45, 2.75) is 6.61 Å². The Morgan fingerprint density at radius 2 is 1.74 bits per heavy atom. The maximum Gasteiger partial charge on any atom is 0.265 e. The minimum atomic E-state index is -0.273. The van der Waals surface area contributed by atoms with Crippen molar-refractivity contribution in [1.82, 2.24) is 14.7 Å². The highest BCUT2D eigenvalue weighted by Crippen LogP contribution is 2.34. The molecule has 1 amide bonds. The molecule has 0 unspecified atom stereocenters. The zero-order valence-electron chi connectivity index (χ0n) is 18.7. The summed E-state index contributed by atoms with van der Waals surface area (Å²) >= 11 is 6.56. The summed E-state index contributed by atoms with van der Waals surface area (Å²) in [5.74, 6) is 0.293. The van der Waals surface area contributed by atoms with E-state index in [1.807, 2.05) is 66.9 Å². The van der Waals surface area contributed by atoms with Crippen LogP contribution in [0.1, 0.15) is 11.1 Å². The number of nitrogens with zero attached hydrogens (tertiary/aromatic N) is 3. The average Bonchev–Trinajstić information content (AvgIpc) is 3.41. The SMILES string of the molecule is CN1C(=O)C(=Cc2cn(-c3ccccc3)nc2-c2ccc(OCc3ccc(F)cc3)cc2)SC1=S. The van der Waals surface area contributed by atoms with Crippen LogP contribution in [0.4, 0.5) is 4.39 Å². The Labute approximate surface area is 211 Å². The number of hydrogen-bond acceptors (Lipinski definition) is 5. The fraction of sp³-hybridized carbons (Fsp3) is 0.0741. The number of likely N-dealkylation sites (N-methyl/N-ethyl adjacent to an activating group) is 1. The average molecular weight is 502 g/mol. The van der Waals surface area contributed by atoms with Crippen molar-refractivity contribution in [3.8, 4) is 22.7 Å². The summed E-state index contributed by atoms with van der Waals surface area (Å²) in [5.41, 5.74) is 4.22. The standard InChI is InChI=1S/C27H20FN3O2S2/c1-30-26(32)24(35-27(30)34)15-20-16-31(22-5-3-2-4-6-22)29-25(20)19-9-13-23(14-10-19)33-17-18-7-11-21(28)12-8-18/h2-16H,17H2,1H3. The molecule has 1 saturated heterocycles. The predicted octanol–water partition coefficient (Wildman–Crippen LogP) is 6.09. The van der Waals surface area contributed by atoms with Gasteiger partial charge in [0.05, 0.1) is 16.3 Å². The molecule has 0 bridgehead atoms. The number of thiocarbonyl (C=S) groups is 1. The number of halogens is 1. The Balaban J connectivity index is 1.45. The number of carbonyl (C=O) groups is 1. The molecule has 174 valence electrons. The molecule has 5 nitrogen and oxygen atoms in total. The van der Waals surface area contributed by atoms with Crippen LogP contribution in [0.2, 0.25) is 0 Å². The van der Waals surface area contributed by atoms with E-state index in [9.17, 15) is 9.18 Å². The molecule has 1 aliphatic rings. The fourth-order valence-corrected chi connectivity index (χ4v) is 4.74. The molecule has 1 aliphatic heterocycles. The second-order valence-corrected chi connectivity index (χ2v) is 9.57. The van der Waals surface area contributed by atoms with E-state index in [0.717, 1.165) is 28.1 Å². The molecule has 0 saturated carbocycles. The van der Waals surface area contributed by atoms with Crippen LogP contribution in [-0.2, 0) is 11.4 Å². The highest BCUT2D eigenvalue weighted by molar-refractivity contribution is 8.26. The third-order valence-electron chi connectivity index (χ3n) is 5.48. The van der Waals surface area contributed by atoms with E-state index in [0.29, 0.717) is 21.6 Å². The van der Waals surface area contributed by atoms with Crippen LogP contribution in [0.3, 0.4) is 0 Å². The van der Waals surface area contributed by atoms with Crippen LogP contribution < -0.4 is 4.74 Å². The van der Waals surface area contributed by atoms with Gasteiger partial charge in [0, 0.05) is 24.4 Å². The van der Waals surface area contributed by atoms with Crippen LogP contribution in [-0.4, -0.2) is 32.0 Å². The number of thioether (sulfide) groups is 1. The zero-order valence-corrected chi connectivity index (χ0v) is 20.4. The summed E-state index contributed by atoms with van der Waals surface area (Å²) in [6, 6.07) is 23.6. The third-order valence-corrected chi connectivity index (χ3v) is 6.97. The Kier molecular flexibility index (Phi) is 6.48. The summed E-state index contributed by atoms with van der Waals surface area (Å²) in [6.45, 7) is 0.340. The van der Waals surface area contributed by atoms with Crippen molar-refractivity contribution in [2.75, 3.05) is 7.05 Å². The van der Waals surface area contributed by atoms with Crippen molar-refractivity contribution in [2.24, 2.45) is 0 Å². The Morgan fingerprint density at radius 3 is 2.40 bits per heavy atom. The Bertz CT molecular complexity index is 1420. The predicted molar refractivity (Wildman–Crippen MR) is 141 cm³/mol. The number of ether oxygens (including phenoxy) is 1. The van der Waals surface area contributed by atoms with Crippen molar-refractivity contribution in [3.05, 3.63) is 107 Å². The van der Waals surface area contributed by atoms with Crippen LogP contribution in [0.15, 0.2) is 90.0 Å². The summed E-state index contributed by atoms with van der Waals surface area (Å²) in [4.78, 5) is 14.6. The monoisotopic (exact) mass is 501 g/mol. The van der Waals surface area contributed by atoms with Crippen LogP contribution in [0, 0.1) is 5.82 Å². The van der Waals surface area contributed by atoms with Gasteiger partial charge in [0.1, 0.15) is 22.5 Å². The quantitative estimate of drug-likeness (QED) is 0.236. The van der Waals surface area contributed by atoms with E-state index in [2.05, 4.69) is 0 Å².